The van der Waals surface area contributed by atoms with Crippen molar-refractivity contribution in [3.63, 3.8) is 0 Å². The SMILES string of the molecule is Cc1ccc(C(=O)NCc2ccc(Oc3sccc3C)cc2)c(N)n1. The molecule has 25 heavy (non-hydrogen) atoms. The number of carbonyl (C=O) groups is 1. The molecule has 3 aromatic rings. The molecule has 3 N–H and O–H groups in total. The molecule has 0 spiro atoms. The van der Waals surface area contributed by atoms with E-state index in [1.807, 2.05) is 49.6 Å². The first kappa shape index (κ1) is 17.0. The van der Waals surface area contributed by atoms with Gasteiger partial charge in [0.1, 0.15) is 11.6 Å². The lowest BCUT2D eigenvalue weighted by atomic mass is 10.2. The Morgan fingerprint density at radius 2 is 1.92 bits per heavy atom. The van der Waals surface area contributed by atoms with Crippen molar-refractivity contribution in [2.75, 3.05) is 5.73 Å². The van der Waals surface area contributed by atoms with E-state index >= 15 is 0 Å². The fourth-order valence-corrected chi connectivity index (χ4v) is 3.09. The average Bonchev–Trinajstić information content (AvgIpc) is 2.99. The Kier molecular flexibility index (Phi) is 5.00. The third-order valence-electron chi connectivity index (χ3n) is 3.71. The zero-order chi connectivity index (χ0) is 17.8. The first-order chi connectivity index (χ1) is 12.0. The van der Waals surface area contributed by atoms with Crippen molar-refractivity contribution < 1.29 is 9.53 Å². The van der Waals surface area contributed by atoms with Crippen LogP contribution in [0, 0.1) is 13.8 Å². The van der Waals surface area contributed by atoms with Crippen LogP contribution in [0.1, 0.15) is 27.2 Å². The number of aryl methyl sites for hydroxylation is 2. The molecule has 6 heteroatoms. The van der Waals surface area contributed by atoms with E-state index < -0.39 is 0 Å². The lowest BCUT2D eigenvalue weighted by Gasteiger charge is -2.09. The van der Waals surface area contributed by atoms with Crippen LogP contribution in [0.15, 0.2) is 47.8 Å². The van der Waals surface area contributed by atoms with Crippen molar-refractivity contribution in [1.82, 2.24) is 10.3 Å². The van der Waals surface area contributed by atoms with Gasteiger partial charge in [-0.25, -0.2) is 4.98 Å². The molecular formula is C19H19N3O2S. The predicted octanol–water partition coefficient (Wildman–Crippen LogP) is 4.06. The summed E-state index contributed by atoms with van der Waals surface area (Å²) in [6.45, 7) is 4.26. The van der Waals surface area contributed by atoms with E-state index in [2.05, 4.69) is 10.3 Å². The maximum atomic E-state index is 12.2. The summed E-state index contributed by atoms with van der Waals surface area (Å²) >= 11 is 1.57. The minimum atomic E-state index is -0.237. The highest BCUT2D eigenvalue weighted by atomic mass is 32.1. The molecule has 0 bridgehead atoms. The highest BCUT2D eigenvalue weighted by Gasteiger charge is 2.10. The summed E-state index contributed by atoms with van der Waals surface area (Å²) in [5.74, 6) is 0.778. The number of pyridine rings is 1. The van der Waals surface area contributed by atoms with Gasteiger partial charge < -0.3 is 15.8 Å². The molecule has 1 amide bonds. The maximum Gasteiger partial charge on any atom is 0.255 e. The van der Waals surface area contributed by atoms with Gasteiger partial charge in [-0.3, -0.25) is 4.79 Å². The van der Waals surface area contributed by atoms with E-state index in [0.717, 1.165) is 27.6 Å². The van der Waals surface area contributed by atoms with Gasteiger partial charge in [0, 0.05) is 17.8 Å². The number of nitrogen functional groups attached to an aromatic ring is 1. The molecule has 2 aromatic heterocycles. The monoisotopic (exact) mass is 353 g/mol. The number of ether oxygens (including phenoxy) is 1. The van der Waals surface area contributed by atoms with Crippen molar-refractivity contribution in [3.8, 4) is 10.8 Å². The summed E-state index contributed by atoms with van der Waals surface area (Å²) in [5.41, 5.74) is 9.06. The van der Waals surface area contributed by atoms with E-state index in [1.54, 1.807) is 23.5 Å². The van der Waals surface area contributed by atoms with Crippen molar-refractivity contribution >= 4 is 23.1 Å². The lowest BCUT2D eigenvalue weighted by Crippen LogP contribution is -2.24. The van der Waals surface area contributed by atoms with E-state index in [9.17, 15) is 4.79 Å². The number of rotatable bonds is 5. The zero-order valence-electron chi connectivity index (χ0n) is 14.1. The van der Waals surface area contributed by atoms with Gasteiger partial charge in [-0.15, -0.1) is 11.3 Å². The highest BCUT2D eigenvalue weighted by molar-refractivity contribution is 7.12. The number of hydrogen-bond donors (Lipinski definition) is 2. The first-order valence-corrected chi connectivity index (χ1v) is 8.73. The van der Waals surface area contributed by atoms with Crippen LogP contribution in [-0.2, 0) is 6.54 Å². The van der Waals surface area contributed by atoms with Crippen LogP contribution < -0.4 is 15.8 Å². The van der Waals surface area contributed by atoms with Crippen LogP contribution in [0.5, 0.6) is 10.8 Å². The molecule has 3 rings (SSSR count). The summed E-state index contributed by atoms with van der Waals surface area (Å²) in [7, 11) is 0. The number of nitrogens with two attached hydrogens (primary N) is 1. The van der Waals surface area contributed by atoms with E-state index in [1.165, 1.54) is 0 Å². The number of aromatic nitrogens is 1. The minimum absolute atomic E-state index is 0.237. The van der Waals surface area contributed by atoms with Crippen LogP contribution in [0.2, 0.25) is 0 Å². The van der Waals surface area contributed by atoms with E-state index in [0.29, 0.717) is 12.1 Å². The number of nitrogens with one attached hydrogen (secondary N) is 1. The number of benzene rings is 1. The molecule has 0 saturated carbocycles. The van der Waals surface area contributed by atoms with Gasteiger partial charge in [-0.1, -0.05) is 12.1 Å². The van der Waals surface area contributed by atoms with Crippen LogP contribution in [0.25, 0.3) is 0 Å². The normalized spacial score (nSPS) is 10.5. The fraction of sp³-hybridized carbons (Fsp3) is 0.158. The zero-order valence-corrected chi connectivity index (χ0v) is 14.9. The molecule has 0 unspecified atom stereocenters. The molecule has 5 nitrogen and oxygen atoms in total. The molecule has 2 heterocycles. The second kappa shape index (κ2) is 7.36. The Morgan fingerprint density at radius 1 is 1.16 bits per heavy atom. The van der Waals surface area contributed by atoms with Crippen LogP contribution in [0.4, 0.5) is 5.82 Å². The Hall–Kier alpha value is -2.86. The molecule has 0 radical (unpaired) electrons. The number of carbonyl (C=O) groups excluding carboxylic acids is 1. The molecule has 0 saturated heterocycles. The lowest BCUT2D eigenvalue weighted by molar-refractivity contribution is 0.0951. The van der Waals surface area contributed by atoms with Gasteiger partial charge in [0.05, 0.1) is 5.56 Å². The molecule has 1 aromatic carbocycles. The summed E-state index contributed by atoms with van der Waals surface area (Å²) < 4.78 is 5.83. The van der Waals surface area contributed by atoms with Crippen molar-refractivity contribution in [1.29, 1.82) is 0 Å². The smallest absolute Gasteiger partial charge is 0.255 e. The van der Waals surface area contributed by atoms with Gasteiger partial charge in [0.25, 0.3) is 5.91 Å². The average molecular weight is 353 g/mol. The standard InChI is InChI=1S/C19H19N3O2S/c1-12-9-10-25-19(12)24-15-6-4-14(5-7-15)11-21-18(23)16-8-3-13(2)22-17(16)20/h3-10H,11H2,1-2H3,(H2,20,22)(H,21,23). The van der Waals surface area contributed by atoms with Crippen LogP contribution in [0.3, 0.4) is 0 Å². The van der Waals surface area contributed by atoms with Gasteiger partial charge >= 0.3 is 0 Å². The Morgan fingerprint density at radius 3 is 2.56 bits per heavy atom. The van der Waals surface area contributed by atoms with Gasteiger partial charge in [-0.05, 0) is 55.1 Å². The highest BCUT2D eigenvalue weighted by Crippen LogP contribution is 2.30. The number of anilines is 1. The van der Waals surface area contributed by atoms with Crippen molar-refractivity contribution in [3.05, 3.63) is 70.2 Å². The molecule has 128 valence electrons. The molecule has 0 fully saturated rings. The molecular weight excluding hydrogens is 334 g/mol. The molecule has 0 aliphatic rings. The van der Waals surface area contributed by atoms with Gasteiger partial charge in [0.15, 0.2) is 5.06 Å². The van der Waals surface area contributed by atoms with Crippen LogP contribution >= 0.6 is 11.3 Å². The van der Waals surface area contributed by atoms with Gasteiger partial charge in [0.2, 0.25) is 0 Å². The van der Waals surface area contributed by atoms with Crippen molar-refractivity contribution in [2.24, 2.45) is 0 Å². The van der Waals surface area contributed by atoms with Crippen LogP contribution in [-0.4, -0.2) is 10.9 Å². The Balaban J connectivity index is 1.60. The quantitative estimate of drug-likeness (QED) is 0.725. The summed E-state index contributed by atoms with van der Waals surface area (Å²) in [5, 5.41) is 5.74. The summed E-state index contributed by atoms with van der Waals surface area (Å²) in [6, 6.07) is 13.1. The van der Waals surface area contributed by atoms with E-state index in [-0.39, 0.29) is 11.7 Å². The third kappa shape index (κ3) is 4.16. The first-order valence-electron chi connectivity index (χ1n) is 7.85. The Labute approximate surface area is 150 Å². The number of hydrogen-bond acceptors (Lipinski definition) is 5. The molecule has 0 atom stereocenters. The fourth-order valence-electron chi connectivity index (χ4n) is 2.29. The summed E-state index contributed by atoms with van der Waals surface area (Å²) in [6.07, 6.45) is 0. The topological polar surface area (TPSA) is 77.2 Å². The number of amides is 1. The number of thiophene rings is 1. The molecule has 0 aliphatic heterocycles. The second-order valence-corrected chi connectivity index (χ2v) is 6.58. The largest absolute Gasteiger partial charge is 0.446 e. The minimum Gasteiger partial charge on any atom is -0.446 e. The Bertz CT molecular complexity index is 888. The second-order valence-electron chi connectivity index (χ2n) is 5.71. The van der Waals surface area contributed by atoms with Crippen molar-refractivity contribution in [2.45, 2.75) is 20.4 Å². The predicted molar refractivity (Wildman–Crippen MR) is 100 cm³/mol. The van der Waals surface area contributed by atoms with E-state index in [4.69, 9.17) is 10.5 Å². The maximum absolute atomic E-state index is 12.2. The molecule has 0 aliphatic carbocycles. The number of nitrogens with zero attached hydrogens (tertiary/aromatic N) is 1. The van der Waals surface area contributed by atoms with Gasteiger partial charge in [-0.2, -0.15) is 0 Å². The summed E-state index contributed by atoms with van der Waals surface area (Å²) in [4.78, 5) is 16.3. The third-order valence-corrected chi connectivity index (χ3v) is 4.60.